The molecule has 0 bridgehead atoms. The van der Waals surface area contributed by atoms with Gasteiger partial charge in [0.2, 0.25) is 0 Å². The standard InChI is InChI=1S/C18H19FN2O2/c1-23-17-10-2-13(3-11-17)12-21(16-8-9-16)18(22)20-15-6-4-14(19)5-7-15/h2-7,10-11,16H,8-9,12H2,1H3,(H,20,22). The first-order valence-corrected chi connectivity index (χ1v) is 7.62. The summed E-state index contributed by atoms with van der Waals surface area (Å²) in [6.07, 6.45) is 2.04. The third kappa shape index (κ3) is 4.00. The first-order chi connectivity index (χ1) is 11.2. The van der Waals surface area contributed by atoms with Gasteiger partial charge in [0.05, 0.1) is 7.11 Å². The van der Waals surface area contributed by atoms with Crippen molar-refractivity contribution < 1.29 is 13.9 Å². The highest BCUT2D eigenvalue weighted by Gasteiger charge is 2.32. The molecule has 0 aliphatic heterocycles. The number of urea groups is 1. The Bertz CT molecular complexity index is 666. The number of nitrogens with one attached hydrogen (secondary N) is 1. The first kappa shape index (κ1) is 15.3. The minimum atomic E-state index is -0.319. The summed E-state index contributed by atoms with van der Waals surface area (Å²) in [5, 5.41) is 2.83. The van der Waals surface area contributed by atoms with E-state index in [1.807, 2.05) is 29.2 Å². The maximum Gasteiger partial charge on any atom is 0.322 e. The lowest BCUT2D eigenvalue weighted by atomic mass is 10.2. The van der Waals surface area contributed by atoms with Crippen molar-refractivity contribution in [1.29, 1.82) is 0 Å². The quantitative estimate of drug-likeness (QED) is 0.905. The van der Waals surface area contributed by atoms with E-state index in [0.29, 0.717) is 12.2 Å². The minimum absolute atomic E-state index is 0.157. The summed E-state index contributed by atoms with van der Waals surface area (Å²) in [5.74, 6) is 0.475. The van der Waals surface area contributed by atoms with E-state index < -0.39 is 0 Å². The summed E-state index contributed by atoms with van der Waals surface area (Å²) < 4.78 is 18.1. The van der Waals surface area contributed by atoms with Crippen LogP contribution in [-0.4, -0.2) is 24.1 Å². The molecule has 1 fully saturated rings. The molecule has 0 spiro atoms. The molecule has 0 atom stereocenters. The van der Waals surface area contributed by atoms with E-state index in [2.05, 4.69) is 5.32 Å². The van der Waals surface area contributed by atoms with Gasteiger partial charge in [0.15, 0.2) is 0 Å². The lowest BCUT2D eigenvalue weighted by Crippen LogP contribution is -2.36. The molecular weight excluding hydrogens is 295 g/mol. The van der Waals surface area contributed by atoms with Crippen molar-refractivity contribution >= 4 is 11.7 Å². The molecule has 0 radical (unpaired) electrons. The zero-order chi connectivity index (χ0) is 16.2. The molecule has 1 N–H and O–H groups in total. The predicted octanol–water partition coefficient (Wildman–Crippen LogP) is 4.03. The third-order valence-electron chi connectivity index (χ3n) is 3.86. The molecule has 1 aliphatic carbocycles. The van der Waals surface area contributed by atoms with Crippen molar-refractivity contribution in [2.75, 3.05) is 12.4 Å². The number of benzene rings is 2. The summed E-state index contributed by atoms with van der Waals surface area (Å²) in [6.45, 7) is 0.543. The number of halogens is 1. The van der Waals surface area contributed by atoms with E-state index in [4.69, 9.17) is 4.74 Å². The average molecular weight is 314 g/mol. The van der Waals surface area contributed by atoms with Gasteiger partial charge < -0.3 is 15.0 Å². The Morgan fingerprint density at radius 3 is 2.39 bits per heavy atom. The van der Waals surface area contributed by atoms with Crippen molar-refractivity contribution in [2.24, 2.45) is 0 Å². The van der Waals surface area contributed by atoms with Crippen LogP contribution < -0.4 is 10.1 Å². The molecule has 1 saturated carbocycles. The lowest BCUT2D eigenvalue weighted by Gasteiger charge is -2.23. The number of anilines is 1. The van der Waals surface area contributed by atoms with Crippen molar-refractivity contribution in [1.82, 2.24) is 4.90 Å². The summed E-state index contributed by atoms with van der Waals surface area (Å²) >= 11 is 0. The van der Waals surface area contributed by atoms with E-state index in [-0.39, 0.29) is 17.9 Å². The van der Waals surface area contributed by atoms with Crippen LogP contribution in [0.3, 0.4) is 0 Å². The molecule has 0 saturated heterocycles. The van der Waals surface area contributed by atoms with Gasteiger partial charge in [0.25, 0.3) is 0 Å². The second kappa shape index (κ2) is 6.69. The molecule has 3 rings (SSSR count). The normalized spacial score (nSPS) is 13.5. The number of methoxy groups -OCH3 is 1. The second-order valence-corrected chi connectivity index (χ2v) is 5.64. The third-order valence-corrected chi connectivity index (χ3v) is 3.86. The highest BCUT2D eigenvalue weighted by molar-refractivity contribution is 5.89. The van der Waals surface area contributed by atoms with Crippen LogP contribution in [0.2, 0.25) is 0 Å². The molecular formula is C18H19FN2O2. The van der Waals surface area contributed by atoms with Gasteiger partial charge in [0, 0.05) is 18.3 Å². The molecule has 2 aromatic rings. The average Bonchev–Trinajstić information content (AvgIpc) is 3.40. The Balaban J connectivity index is 1.67. The molecule has 120 valence electrons. The summed E-state index contributed by atoms with van der Waals surface area (Å²) in [6, 6.07) is 13.6. The van der Waals surface area contributed by atoms with Crippen LogP contribution in [0.1, 0.15) is 18.4 Å². The predicted molar refractivity (Wildman–Crippen MR) is 87.0 cm³/mol. The number of nitrogens with zero attached hydrogens (tertiary/aromatic N) is 1. The van der Waals surface area contributed by atoms with E-state index in [1.54, 1.807) is 19.2 Å². The van der Waals surface area contributed by atoms with E-state index in [9.17, 15) is 9.18 Å². The Morgan fingerprint density at radius 1 is 1.17 bits per heavy atom. The zero-order valence-electron chi connectivity index (χ0n) is 13.0. The van der Waals surface area contributed by atoms with Crippen LogP contribution >= 0.6 is 0 Å². The molecule has 0 heterocycles. The van der Waals surface area contributed by atoms with Gasteiger partial charge >= 0.3 is 6.03 Å². The SMILES string of the molecule is COc1ccc(CN(C(=O)Nc2ccc(F)cc2)C2CC2)cc1. The number of carbonyl (C=O) groups excluding carboxylic acids is 1. The van der Waals surface area contributed by atoms with Gasteiger partial charge in [-0.05, 0) is 54.8 Å². The van der Waals surface area contributed by atoms with Crippen LogP contribution in [0.4, 0.5) is 14.9 Å². The summed E-state index contributed by atoms with van der Waals surface area (Å²) in [7, 11) is 1.63. The zero-order valence-corrected chi connectivity index (χ0v) is 13.0. The van der Waals surface area contributed by atoms with Crippen molar-refractivity contribution in [3.05, 3.63) is 59.9 Å². The van der Waals surface area contributed by atoms with Crippen molar-refractivity contribution in [2.45, 2.75) is 25.4 Å². The fourth-order valence-corrected chi connectivity index (χ4v) is 2.41. The fourth-order valence-electron chi connectivity index (χ4n) is 2.41. The van der Waals surface area contributed by atoms with Crippen LogP contribution in [0.5, 0.6) is 5.75 Å². The number of rotatable bonds is 5. The number of ether oxygens (including phenoxy) is 1. The molecule has 23 heavy (non-hydrogen) atoms. The highest BCUT2D eigenvalue weighted by Crippen LogP contribution is 2.29. The maximum atomic E-state index is 12.9. The molecule has 4 nitrogen and oxygen atoms in total. The molecule has 2 amide bonds. The van der Waals surface area contributed by atoms with Crippen LogP contribution in [0.25, 0.3) is 0 Å². The minimum Gasteiger partial charge on any atom is -0.497 e. The number of hydrogen-bond donors (Lipinski definition) is 1. The molecule has 5 heteroatoms. The second-order valence-electron chi connectivity index (χ2n) is 5.64. The Kier molecular flexibility index (Phi) is 4.46. The van der Waals surface area contributed by atoms with Gasteiger partial charge in [-0.3, -0.25) is 0 Å². The van der Waals surface area contributed by atoms with Crippen LogP contribution in [0.15, 0.2) is 48.5 Å². The number of carbonyl (C=O) groups is 1. The van der Waals surface area contributed by atoms with Crippen LogP contribution in [0, 0.1) is 5.82 Å². The van der Waals surface area contributed by atoms with Crippen LogP contribution in [-0.2, 0) is 6.54 Å². The van der Waals surface area contributed by atoms with Crippen molar-refractivity contribution in [3.63, 3.8) is 0 Å². The monoisotopic (exact) mass is 314 g/mol. The summed E-state index contributed by atoms with van der Waals surface area (Å²) in [4.78, 5) is 14.3. The summed E-state index contributed by atoms with van der Waals surface area (Å²) in [5.41, 5.74) is 1.64. The molecule has 0 unspecified atom stereocenters. The van der Waals surface area contributed by atoms with E-state index >= 15 is 0 Å². The van der Waals surface area contributed by atoms with Gasteiger partial charge in [-0.15, -0.1) is 0 Å². The smallest absolute Gasteiger partial charge is 0.322 e. The van der Waals surface area contributed by atoms with E-state index in [1.165, 1.54) is 12.1 Å². The Morgan fingerprint density at radius 2 is 1.83 bits per heavy atom. The first-order valence-electron chi connectivity index (χ1n) is 7.62. The van der Waals surface area contributed by atoms with Crippen molar-refractivity contribution in [3.8, 4) is 5.75 Å². The van der Waals surface area contributed by atoms with E-state index in [0.717, 1.165) is 24.2 Å². The Hall–Kier alpha value is -2.56. The van der Waals surface area contributed by atoms with Gasteiger partial charge in [-0.25, -0.2) is 9.18 Å². The maximum absolute atomic E-state index is 12.9. The molecule has 2 aromatic carbocycles. The topological polar surface area (TPSA) is 41.6 Å². The van der Waals surface area contributed by atoms with Gasteiger partial charge in [0.1, 0.15) is 11.6 Å². The van der Waals surface area contributed by atoms with Gasteiger partial charge in [-0.2, -0.15) is 0 Å². The lowest BCUT2D eigenvalue weighted by molar-refractivity contribution is 0.206. The Labute approximate surface area is 134 Å². The highest BCUT2D eigenvalue weighted by atomic mass is 19.1. The molecule has 1 aliphatic rings. The number of hydrogen-bond acceptors (Lipinski definition) is 2. The van der Waals surface area contributed by atoms with Gasteiger partial charge in [-0.1, -0.05) is 12.1 Å². The molecule has 0 aromatic heterocycles. The number of amides is 2. The largest absolute Gasteiger partial charge is 0.497 e. The fraction of sp³-hybridized carbons (Fsp3) is 0.278.